The van der Waals surface area contributed by atoms with Crippen molar-refractivity contribution in [3.63, 3.8) is 0 Å². The summed E-state index contributed by atoms with van der Waals surface area (Å²) in [6.45, 7) is 3.63. The van der Waals surface area contributed by atoms with Crippen LogP contribution in [0.1, 0.15) is 50.5 Å². The third-order valence-electron chi connectivity index (χ3n) is 6.63. The second-order valence-corrected chi connectivity index (χ2v) is 8.52. The first kappa shape index (κ1) is 19.2. The first-order valence-electron chi connectivity index (χ1n) is 9.65. The van der Waals surface area contributed by atoms with Crippen LogP contribution in [0, 0.1) is 11.3 Å². The fourth-order valence-corrected chi connectivity index (χ4v) is 4.78. The van der Waals surface area contributed by atoms with Crippen molar-refractivity contribution in [2.45, 2.75) is 50.5 Å². The van der Waals surface area contributed by atoms with E-state index in [0.29, 0.717) is 18.3 Å². The van der Waals surface area contributed by atoms with Gasteiger partial charge in [0, 0.05) is 24.1 Å². The van der Waals surface area contributed by atoms with Crippen LogP contribution in [0.4, 0.5) is 0 Å². The highest BCUT2D eigenvalue weighted by atomic mass is 16.6. The van der Waals surface area contributed by atoms with Crippen LogP contribution < -0.4 is 0 Å². The fraction of sp³-hybridized carbons (Fsp3) is 0.667. The van der Waals surface area contributed by atoms with E-state index in [1.807, 2.05) is 32.4 Å². The first-order chi connectivity index (χ1) is 12.3. The number of likely N-dealkylation sites (N-methyl/N-ethyl adjacent to an activating group) is 1. The topological polar surface area (TPSA) is 65.3 Å². The number of phenolic OH excluding ortho intramolecular Hbond substituents is 1. The number of aliphatic hydroxyl groups is 1. The van der Waals surface area contributed by atoms with E-state index in [2.05, 4.69) is 23.0 Å². The Morgan fingerprint density at radius 1 is 1.31 bits per heavy atom. The fourth-order valence-electron chi connectivity index (χ4n) is 4.78. The van der Waals surface area contributed by atoms with Crippen molar-refractivity contribution in [2.75, 3.05) is 27.2 Å². The maximum atomic E-state index is 11.4. The molecule has 2 fully saturated rings. The number of aromatic hydroxyl groups is 1. The van der Waals surface area contributed by atoms with Gasteiger partial charge in [0.25, 0.3) is 0 Å². The van der Waals surface area contributed by atoms with E-state index < -0.39 is 5.60 Å². The Balaban J connectivity index is 1.65. The number of benzene rings is 1. The van der Waals surface area contributed by atoms with E-state index in [-0.39, 0.29) is 11.3 Å². The lowest BCUT2D eigenvalue weighted by Gasteiger charge is -2.48. The lowest BCUT2D eigenvalue weighted by molar-refractivity contribution is -0.0959. The normalized spacial score (nSPS) is 34.3. The number of fused-ring (bicyclic) bond motifs is 1. The molecule has 0 spiro atoms. The molecule has 1 aromatic rings. The zero-order valence-corrected chi connectivity index (χ0v) is 16.2. The SMILES string of the molecule is CN(C)CCON=C[C@H]1CC[C@]2(O)C[C@@H](c3cccc(O)c3)CC[C@]12C. The first-order valence-corrected chi connectivity index (χ1v) is 9.65. The average Bonchev–Trinajstić information content (AvgIpc) is 2.85. The van der Waals surface area contributed by atoms with E-state index in [9.17, 15) is 10.2 Å². The van der Waals surface area contributed by atoms with Crippen molar-refractivity contribution in [3.8, 4) is 5.75 Å². The van der Waals surface area contributed by atoms with E-state index in [0.717, 1.165) is 44.2 Å². The van der Waals surface area contributed by atoms with Gasteiger partial charge in [0.05, 0.1) is 5.60 Å². The Morgan fingerprint density at radius 3 is 2.85 bits per heavy atom. The van der Waals surface area contributed by atoms with Crippen LogP contribution in [0.5, 0.6) is 5.75 Å². The highest BCUT2D eigenvalue weighted by Crippen LogP contribution is 2.60. The van der Waals surface area contributed by atoms with Crippen LogP contribution in [0.25, 0.3) is 0 Å². The van der Waals surface area contributed by atoms with E-state index in [1.165, 1.54) is 0 Å². The van der Waals surface area contributed by atoms with Gasteiger partial charge in [0.1, 0.15) is 12.4 Å². The number of hydrogen-bond donors (Lipinski definition) is 2. The molecule has 2 aliphatic rings. The van der Waals surface area contributed by atoms with Gasteiger partial charge in [-0.15, -0.1) is 0 Å². The Morgan fingerprint density at radius 2 is 2.12 bits per heavy atom. The van der Waals surface area contributed by atoms with Crippen molar-refractivity contribution in [2.24, 2.45) is 16.5 Å². The third kappa shape index (κ3) is 3.74. The molecule has 0 radical (unpaired) electrons. The van der Waals surface area contributed by atoms with E-state index in [4.69, 9.17) is 4.84 Å². The summed E-state index contributed by atoms with van der Waals surface area (Å²) < 4.78 is 0. The Kier molecular flexibility index (Phi) is 5.58. The Labute approximate surface area is 156 Å². The van der Waals surface area contributed by atoms with Crippen molar-refractivity contribution < 1.29 is 15.1 Å². The van der Waals surface area contributed by atoms with E-state index >= 15 is 0 Å². The maximum Gasteiger partial charge on any atom is 0.129 e. The maximum absolute atomic E-state index is 11.4. The van der Waals surface area contributed by atoms with E-state index in [1.54, 1.807) is 6.07 Å². The zero-order valence-electron chi connectivity index (χ0n) is 16.2. The van der Waals surface area contributed by atoms with Gasteiger partial charge in [-0.25, -0.2) is 0 Å². The monoisotopic (exact) mass is 360 g/mol. The third-order valence-corrected chi connectivity index (χ3v) is 6.63. The molecule has 0 saturated heterocycles. The molecule has 5 nitrogen and oxygen atoms in total. The standard InChI is InChI=1S/C21H32N2O3/c1-20-9-7-17(16-5-4-6-19(24)13-16)14-21(20,25)10-8-18(20)15-22-26-12-11-23(2)3/h4-6,13,15,17-18,24-25H,7-12,14H2,1-3H3/t17-,18+,20+,21-/m0/s1. The number of nitrogens with zero attached hydrogens (tertiary/aromatic N) is 2. The van der Waals surface area contributed by atoms with Crippen molar-refractivity contribution >= 4 is 6.21 Å². The summed E-state index contributed by atoms with van der Waals surface area (Å²) in [6, 6.07) is 7.48. The molecule has 0 bridgehead atoms. The van der Waals surface area contributed by atoms with Crippen LogP contribution >= 0.6 is 0 Å². The van der Waals surface area contributed by atoms with Crippen molar-refractivity contribution in [3.05, 3.63) is 29.8 Å². The minimum Gasteiger partial charge on any atom is -0.508 e. The van der Waals surface area contributed by atoms with Crippen LogP contribution in [0.2, 0.25) is 0 Å². The quantitative estimate of drug-likeness (QED) is 0.464. The summed E-state index contributed by atoms with van der Waals surface area (Å²) in [6.07, 6.45) is 6.39. The number of rotatable bonds is 6. The molecule has 144 valence electrons. The molecule has 0 amide bonds. The average molecular weight is 360 g/mol. The summed E-state index contributed by atoms with van der Waals surface area (Å²) in [4.78, 5) is 7.45. The molecule has 0 unspecified atom stereocenters. The molecule has 4 atom stereocenters. The van der Waals surface area contributed by atoms with Crippen LogP contribution in [0.3, 0.4) is 0 Å². The smallest absolute Gasteiger partial charge is 0.129 e. The predicted octanol–water partition coefficient (Wildman–Crippen LogP) is 3.37. The van der Waals surface area contributed by atoms with Gasteiger partial charge in [-0.05, 0) is 69.8 Å². The Hall–Kier alpha value is -1.59. The van der Waals surface area contributed by atoms with Crippen molar-refractivity contribution in [1.29, 1.82) is 0 Å². The molecule has 2 saturated carbocycles. The molecule has 2 aliphatic carbocycles. The molecular formula is C21H32N2O3. The minimum absolute atomic E-state index is 0.158. The molecule has 5 heteroatoms. The second-order valence-electron chi connectivity index (χ2n) is 8.52. The summed E-state index contributed by atoms with van der Waals surface area (Å²) in [5, 5.41) is 25.4. The zero-order chi connectivity index (χ0) is 18.8. The largest absolute Gasteiger partial charge is 0.508 e. The highest BCUT2D eigenvalue weighted by molar-refractivity contribution is 5.62. The number of hydrogen-bond acceptors (Lipinski definition) is 5. The molecule has 26 heavy (non-hydrogen) atoms. The van der Waals surface area contributed by atoms with Gasteiger partial charge in [0.2, 0.25) is 0 Å². The van der Waals surface area contributed by atoms with Crippen LogP contribution in [-0.2, 0) is 4.84 Å². The molecule has 2 N–H and O–H groups in total. The summed E-state index contributed by atoms with van der Waals surface area (Å²) in [5.74, 6) is 0.846. The summed E-state index contributed by atoms with van der Waals surface area (Å²) >= 11 is 0. The molecule has 0 aliphatic heterocycles. The number of oxime groups is 1. The molecule has 3 rings (SSSR count). The van der Waals surface area contributed by atoms with Crippen LogP contribution in [0.15, 0.2) is 29.4 Å². The van der Waals surface area contributed by atoms with Gasteiger partial charge in [0.15, 0.2) is 0 Å². The summed E-state index contributed by atoms with van der Waals surface area (Å²) in [7, 11) is 4.02. The lowest BCUT2D eigenvalue weighted by Crippen LogP contribution is -2.49. The predicted molar refractivity (Wildman–Crippen MR) is 103 cm³/mol. The van der Waals surface area contributed by atoms with Gasteiger partial charge in [-0.2, -0.15) is 0 Å². The summed E-state index contributed by atoms with van der Waals surface area (Å²) in [5.41, 5.74) is 0.292. The minimum atomic E-state index is -0.679. The Bertz CT molecular complexity index is 648. The van der Waals surface area contributed by atoms with Crippen LogP contribution in [-0.4, -0.2) is 54.2 Å². The van der Waals surface area contributed by atoms with Gasteiger partial charge >= 0.3 is 0 Å². The van der Waals surface area contributed by atoms with Gasteiger partial charge in [-0.3, -0.25) is 0 Å². The second kappa shape index (κ2) is 7.57. The van der Waals surface area contributed by atoms with Gasteiger partial charge < -0.3 is 20.0 Å². The molecule has 0 aromatic heterocycles. The van der Waals surface area contributed by atoms with Crippen molar-refractivity contribution in [1.82, 2.24) is 4.90 Å². The molecular weight excluding hydrogens is 328 g/mol. The highest BCUT2D eigenvalue weighted by Gasteiger charge is 2.58. The lowest BCUT2D eigenvalue weighted by atomic mass is 9.59. The van der Waals surface area contributed by atoms with Gasteiger partial charge in [-0.1, -0.05) is 24.2 Å². The molecule has 0 heterocycles. The molecule has 1 aromatic carbocycles. The number of phenols is 1.